The van der Waals surface area contributed by atoms with Crippen LogP contribution in [0.3, 0.4) is 0 Å². The average molecular weight is 368 g/mol. The second-order valence-electron chi connectivity index (χ2n) is 6.42. The second-order valence-corrected chi connectivity index (χ2v) is 6.42. The molecule has 7 nitrogen and oxygen atoms in total. The van der Waals surface area contributed by atoms with Crippen molar-refractivity contribution in [2.24, 2.45) is 0 Å². The molecule has 7 heteroatoms. The van der Waals surface area contributed by atoms with Gasteiger partial charge in [0.15, 0.2) is 5.78 Å². The van der Waals surface area contributed by atoms with Crippen molar-refractivity contribution in [3.05, 3.63) is 53.6 Å². The molecule has 0 unspecified atom stereocenters. The zero-order valence-electron chi connectivity index (χ0n) is 15.1. The molecule has 0 spiro atoms. The summed E-state index contributed by atoms with van der Waals surface area (Å²) in [6, 6.07) is 11.0. The van der Waals surface area contributed by atoms with E-state index in [2.05, 4.69) is 5.32 Å². The van der Waals surface area contributed by atoms with Crippen molar-refractivity contribution in [2.45, 2.75) is 12.3 Å². The molecule has 0 aromatic heterocycles. The fourth-order valence-corrected chi connectivity index (χ4v) is 3.08. The summed E-state index contributed by atoms with van der Waals surface area (Å²) in [6.07, 6.45) is 0.0107. The summed E-state index contributed by atoms with van der Waals surface area (Å²) in [5.41, 5.74) is 1.64. The first-order valence-electron chi connectivity index (χ1n) is 8.44. The monoisotopic (exact) mass is 368 g/mol. The Hall–Kier alpha value is -3.35. The van der Waals surface area contributed by atoms with Gasteiger partial charge in [0, 0.05) is 24.7 Å². The van der Waals surface area contributed by atoms with E-state index < -0.39 is 5.92 Å². The van der Waals surface area contributed by atoms with Gasteiger partial charge in [0.05, 0.1) is 19.6 Å². The van der Waals surface area contributed by atoms with Gasteiger partial charge >= 0.3 is 0 Å². The highest BCUT2D eigenvalue weighted by Gasteiger charge is 2.33. The van der Waals surface area contributed by atoms with Crippen LogP contribution in [0.15, 0.2) is 42.5 Å². The molecule has 1 heterocycles. The molecule has 2 aromatic rings. The fourth-order valence-electron chi connectivity index (χ4n) is 3.08. The number of nitrogens with one attached hydrogen (secondary N) is 1. The summed E-state index contributed by atoms with van der Waals surface area (Å²) in [6.45, 7) is -0.124. The first-order valence-corrected chi connectivity index (χ1v) is 8.44. The topological polar surface area (TPSA) is 95.9 Å². The fraction of sp³-hybridized carbons (Fsp3) is 0.250. The van der Waals surface area contributed by atoms with Crippen LogP contribution in [0, 0.1) is 0 Å². The first-order chi connectivity index (χ1) is 12.9. The van der Waals surface area contributed by atoms with Gasteiger partial charge in [0.1, 0.15) is 11.5 Å². The summed E-state index contributed by atoms with van der Waals surface area (Å²) in [5.74, 6) is -0.838. The lowest BCUT2D eigenvalue weighted by Gasteiger charge is -2.28. The van der Waals surface area contributed by atoms with E-state index in [1.54, 1.807) is 18.2 Å². The number of ether oxygens (including phenoxy) is 1. The summed E-state index contributed by atoms with van der Waals surface area (Å²) in [7, 11) is 3.06. The maximum atomic E-state index is 12.9. The van der Waals surface area contributed by atoms with Gasteiger partial charge in [0.25, 0.3) is 0 Å². The summed E-state index contributed by atoms with van der Waals surface area (Å²) >= 11 is 0. The number of Topliss-reactive ketones (excluding diaryl/α,β-unsaturated/α-hetero) is 1. The molecule has 0 fully saturated rings. The molecular weight excluding hydrogens is 348 g/mol. The molecule has 2 amide bonds. The number of hydrogen-bond acceptors (Lipinski definition) is 5. The number of phenols is 1. The molecule has 2 aromatic carbocycles. The molecular formula is C20H20N2O5. The van der Waals surface area contributed by atoms with Gasteiger partial charge in [-0.05, 0) is 48.0 Å². The van der Waals surface area contributed by atoms with Crippen LogP contribution >= 0.6 is 0 Å². The molecule has 0 saturated carbocycles. The van der Waals surface area contributed by atoms with Crippen LogP contribution in [0.5, 0.6) is 11.5 Å². The highest BCUT2D eigenvalue weighted by molar-refractivity contribution is 6.03. The molecule has 27 heavy (non-hydrogen) atoms. The Bertz CT molecular complexity index is 892. The minimum absolute atomic E-state index is 0.0107. The molecule has 0 bridgehead atoms. The van der Waals surface area contributed by atoms with Crippen LogP contribution in [0.1, 0.15) is 28.3 Å². The third kappa shape index (κ3) is 3.92. The Kier molecular flexibility index (Phi) is 5.12. The lowest BCUT2D eigenvalue weighted by molar-refractivity contribution is -0.133. The molecule has 0 radical (unpaired) electrons. The van der Waals surface area contributed by atoms with Crippen molar-refractivity contribution in [1.82, 2.24) is 4.90 Å². The molecule has 0 aliphatic carbocycles. The van der Waals surface area contributed by atoms with Gasteiger partial charge < -0.3 is 20.1 Å². The minimum Gasteiger partial charge on any atom is -0.508 e. The molecule has 1 atom stereocenters. The SMILES string of the molecule is COc1ccc2c(c1)[C@H](C(=O)N(C)CC(=O)c1ccc(O)cc1)CC(=O)N2. The largest absolute Gasteiger partial charge is 0.508 e. The predicted octanol–water partition coefficient (Wildman–Crippen LogP) is 2.17. The van der Waals surface area contributed by atoms with Crippen LogP contribution < -0.4 is 10.1 Å². The third-order valence-corrected chi connectivity index (χ3v) is 4.54. The van der Waals surface area contributed by atoms with Gasteiger partial charge in [-0.25, -0.2) is 0 Å². The quantitative estimate of drug-likeness (QED) is 0.789. The lowest BCUT2D eigenvalue weighted by atomic mass is 9.89. The number of carbonyl (C=O) groups excluding carboxylic acids is 3. The molecule has 140 valence electrons. The standard InChI is InChI=1S/C20H20N2O5/c1-22(11-18(24)12-3-5-13(23)6-4-12)20(26)16-10-19(25)21-17-8-7-14(27-2)9-15(16)17/h3-9,16,23H,10-11H2,1-2H3,(H,21,25)/t16-/m1/s1. The van der Waals surface area contributed by atoms with E-state index >= 15 is 0 Å². The summed E-state index contributed by atoms with van der Waals surface area (Å²) in [4.78, 5) is 38.6. The number of anilines is 1. The van der Waals surface area contributed by atoms with E-state index in [0.29, 0.717) is 22.6 Å². The number of benzene rings is 2. The van der Waals surface area contributed by atoms with E-state index in [4.69, 9.17) is 4.74 Å². The van der Waals surface area contributed by atoms with Gasteiger partial charge in [0.2, 0.25) is 11.8 Å². The maximum absolute atomic E-state index is 12.9. The molecule has 1 aliphatic rings. The smallest absolute Gasteiger partial charge is 0.230 e. The number of phenolic OH excluding ortho intramolecular Hbond substituents is 1. The Morgan fingerprint density at radius 1 is 1.22 bits per heavy atom. The molecule has 3 rings (SSSR count). The average Bonchev–Trinajstić information content (AvgIpc) is 2.66. The molecule has 1 aliphatic heterocycles. The van der Waals surface area contributed by atoms with Crippen molar-refractivity contribution in [3.63, 3.8) is 0 Å². The van der Waals surface area contributed by atoms with Gasteiger partial charge in [-0.2, -0.15) is 0 Å². The van der Waals surface area contributed by atoms with Crippen molar-refractivity contribution in [1.29, 1.82) is 0 Å². The van der Waals surface area contributed by atoms with Crippen molar-refractivity contribution >= 4 is 23.3 Å². The number of amides is 2. The van der Waals surface area contributed by atoms with Gasteiger partial charge in [-0.1, -0.05) is 0 Å². The zero-order valence-corrected chi connectivity index (χ0v) is 15.1. The maximum Gasteiger partial charge on any atom is 0.230 e. The third-order valence-electron chi connectivity index (χ3n) is 4.54. The van der Waals surface area contributed by atoms with Gasteiger partial charge in [-0.3, -0.25) is 14.4 Å². The predicted molar refractivity (Wildman–Crippen MR) is 99.1 cm³/mol. The van der Waals surface area contributed by atoms with E-state index in [9.17, 15) is 19.5 Å². The molecule has 0 saturated heterocycles. The van der Waals surface area contributed by atoms with E-state index in [-0.39, 0.29) is 36.3 Å². The number of methoxy groups -OCH3 is 1. The van der Waals surface area contributed by atoms with E-state index in [1.165, 1.54) is 43.3 Å². The molecule has 2 N–H and O–H groups in total. The lowest BCUT2D eigenvalue weighted by Crippen LogP contribution is -2.39. The second kappa shape index (κ2) is 7.49. The van der Waals surface area contributed by atoms with Crippen LogP contribution in [-0.4, -0.2) is 48.3 Å². The number of carbonyl (C=O) groups is 3. The summed E-state index contributed by atoms with van der Waals surface area (Å²) < 4.78 is 5.22. The first kappa shape index (κ1) is 18.4. The number of fused-ring (bicyclic) bond motifs is 1. The van der Waals surface area contributed by atoms with Crippen LogP contribution in [-0.2, 0) is 9.59 Å². The van der Waals surface area contributed by atoms with E-state index in [0.717, 1.165) is 0 Å². The number of ketones is 1. The number of rotatable bonds is 5. The summed E-state index contributed by atoms with van der Waals surface area (Å²) in [5, 5.41) is 12.1. The normalized spacial score (nSPS) is 15.5. The minimum atomic E-state index is -0.679. The van der Waals surface area contributed by atoms with Gasteiger partial charge in [-0.15, -0.1) is 0 Å². The number of hydrogen-bond donors (Lipinski definition) is 2. The number of nitrogens with zero attached hydrogens (tertiary/aromatic N) is 1. The number of likely N-dealkylation sites (N-methyl/N-ethyl adjacent to an activating group) is 1. The zero-order chi connectivity index (χ0) is 19.6. The highest BCUT2D eigenvalue weighted by atomic mass is 16.5. The van der Waals surface area contributed by atoms with Crippen LogP contribution in [0.4, 0.5) is 5.69 Å². The Labute approximate surface area is 156 Å². The van der Waals surface area contributed by atoms with E-state index in [1.807, 2.05) is 0 Å². The van der Waals surface area contributed by atoms with Crippen molar-refractivity contribution < 1.29 is 24.2 Å². The highest BCUT2D eigenvalue weighted by Crippen LogP contribution is 2.35. The Morgan fingerprint density at radius 3 is 2.59 bits per heavy atom. The van der Waals surface area contributed by atoms with Crippen molar-refractivity contribution in [2.75, 3.05) is 26.0 Å². The van der Waals surface area contributed by atoms with Crippen LogP contribution in [0.2, 0.25) is 0 Å². The van der Waals surface area contributed by atoms with Crippen molar-refractivity contribution in [3.8, 4) is 11.5 Å². The Morgan fingerprint density at radius 2 is 1.93 bits per heavy atom. The Balaban J connectivity index is 1.79. The number of aromatic hydroxyl groups is 1. The van der Waals surface area contributed by atoms with Crippen LogP contribution in [0.25, 0.3) is 0 Å².